The van der Waals surface area contributed by atoms with Gasteiger partial charge < -0.3 is 4.74 Å². The van der Waals surface area contributed by atoms with Crippen LogP contribution in [0, 0.1) is 10.1 Å². The van der Waals surface area contributed by atoms with Crippen molar-refractivity contribution in [1.29, 1.82) is 0 Å². The van der Waals surface area contributed by atoms with Gasteiger partial charge >= 0.3 is 5.69 Å². The first-order valence-corrected chi connectivity index (χ1v) is 6.01. The van der Waals surface area contributed by atoms with Crippen LogP contribution in [0.1, 0.15) is 38.2 Å². The molecule has 0 fully saturated rings. The van der Waals surface area contributed by atoms with Crippen LogP contribution in [0.2, 0.25) is 0 Å². The van der Waals surface area contributed by atoms with Gasteiger partial charge in [0.25, 0.3) is 0 Å². The molecule has 0 bridgehead atoms. The average Bonchev–Trinajstić information content (AvgIpc) is 2.33. The third-order valence-corrected chi connectivity index (χ3v) is 2.78. The Balaban J connectivity index is 2.79. The van der Waals surface area contributed by atoms with Crippen molar-refractivity contribution in [1.82, 2.24) is 0 Å². The summed E-state index contributed by atoms with van der Waals surface area (Å²) in [5.74, 6) is 0.350. The summed E-state index contributed by atoms with van der Waals surface area (Å²) in [6, 6.07) is 5.25. The summed E-state index contributed by atoms with van der Waals surface area (Å²) in [6.45, 7) is 2.15. The molecule has 0 spiro atoms. The number of rotatable bonds is 7. The van der Waals surface area contributed by atoms with Crippen LogP contribution in [0.15, 0.2) is 18.2 Å². The first-order valence-electron chi connectivity index (χ1n) is 6.01. The maximum Gasteiger partial charge on any atom is 0.314 e. The van der Waals surface area contributed by atoms with Crippen LogP contribution in [0.5, 0.6) is 5.75 Å². The SMILES string of the molecule is CCCCCCc1cccc(OC)c1[N+](=O)[O-]. The van der Waals surface area contributed by atoms with Crippen molar-refractivity contribution in [3.63, 3.8) is 0 Å². The van der Waals surface area contributed by atoms with Crippen molar-refractivity contribution < 1.29 is 9.66 Å². The van der Waals surface area contributed by atoms with Gasteiger partial charge in [-0.1, -0.05) is 38.3 Å². The van der Waals surface area contributed by atoms with E-state index in [0.717, 1.165) is 24.8 Å². The van der Waals surface area contributed by atoms with E-state index >= 15 is 0 Å². The van der Waals surface area contributed by atoms with E-state index in [9.17, 15) is 10.1 Å². The van der Waals surface area contributed by atoms with Gasteiger partial charge in [0.2, 0.25) is 0 Å². The summed E-state index contributed by atoms with van der Waals surface area (Å²) < 4.78 is 5.03. The predicted molar refractivity (Wildman–Crippen MR) is 67.5 cm³/mol. The zero-order valence-electron chi connectivity index (χ0n) is 10.4. The maximum absolute atomic E-state index is 11.0. The molecule has 0 unspecified atom stereocenters. The highest BCUT2D eigenvalue weighted by molar-refractivity contribution is 5.52. The summed E-state index contributed by atoms with van der Waals surface area (Å²) in [5.41, 5.74) is 0.886. The number of methoxy groups -OCH3 is 1. The van der Waals surface area contributed by atoms with E-state index in [1.165, 1.54) is 20.0 Å². The Hall–Kier alpha value is -1.58. The number of hydrogen-bond acceptors (Lipinski definition) is 3. The average molecular weight is 237 g/mol. The molecule has 4 nitrogen and oxygen atoms in total. The van der Waals surface area contributed by atoms with E-state index in [1.54, 1.807) is 12.1 Å². The predicted octanol–water partition coefficient (Wildman–Crippen LogP) is 3.73. The van der Waals surface area contributed by atoms with Gasteiger partial charge in [0.15, 0.2) is 5.75 Å². The van der Waals surface area contributed by atoms with Crippen LogP contribution in [0.3, 0.4) is 0 Å². The van der Waals surface area contributed by atoms with Crippen LogP contribution >= 0.6 is 0 Å². The Morgan fingerprint density at radius 3 is 2.65 bits per heavy atom. The molecule has 0 radical (unpaired) electrons. The minimum absolute atomic E-state index is 0.117. The molecule has 0 amide bonds. The molecular formula is C13H19NO3. The molecule has 0 aliphatic carbocycles. The van der Waals surface area contributed by atoms with Crippen molar-refractivity contribution in [2.75, 3.05) is 7.11 Å². The molecule has 0 N–H and O–H groups in total. The lowest BCUT2D eigenvalue weighted by Gasteiger charge is -2.06. The first kappa shape index (κ1) is 13.5. The molecule has 4 heteroatoms. The fourth-order valence-electron chi connectivity index (χ4n) is 1.88. The van der Waals surface area contributed by atoms with E-state index in [2.05, 4.69) is 6.92 Å². The van der Waals surface area contributed by atoms with Crippen LogP contribution in [0.25, 0.3) is 0 Å². The van der Waals surface area contributed by atoms with Crippen molar-refractivity contribution in [3.05, 3.63) is 33.9 Å². The van der Waals surface area contributed by atoms with Gasteiger partial charge in [-0.15, -0.1) is 0 Å². The molecule has 0 aromatic heterocycles. The first-order chi connectivity index (χ1) is 8.20. The molecule has 0 aliphatic rings. The fourth-order valence-corrected chi connectivity index (χ4v) is 1.88. The van der Waals surface area contributed by atoms with Crippen LogP contribution in [0.4, 0.5) is 5.69 Å². The van der Waals surface area contributed by atoms with E-state index in [1.807, 2.05) is 6.07 Å². The molecule has 0 atom stereocenters. The van der Waals surface area contributed by atoms with E-state index in [4.69, 9.17) is 4.74 Å². The fraction of sp³-hybridized carbons (Fsp3) is 0.538. The second kappa shape index (κ2) is 6.89. The number of nitrogens with zero attached hydrogens (tertiary/aromatic N) is 1. The number of nitro benzene ring substituents is 1. The highest BCUT2D eigenvalue weighted by atomic mass is 16.6. The third kappa shape index (κ3) is 3.73. The molecule has 1 aromatic carbocycles. The Morgan fingerprint density at radius 1 is 1.29 bits per heavy atom. The van der Waals surface area contributed by atoms with Gasteiger partial charge in [0.05, 0.1) is 12.0 Å². The monoisotopic (exact) mass is 237 g/mol. The van der Waals surface area contributed by atoms with Gasteiger partial charge in [-0.3, -0.25) is 10.1 Å². The molecule has 1 aromatic rings. The molecule has 0 saturated carbocycles. The third-order valence-electron chi connectivity index (χ3n) is 2.78. The zero-order chi connectivity index (χ0) is 12.7. The summed E-state index contributed by atoms with van der Waals surface area (Å²) >= 11 is 0. The summed E-state index contributed by atoms with van der Waals surface area (Å²) in [6.07, 6.45) is 5.19. The van der Waals surface area contributed by atoms with Crippen molar-refractivity contribution in [2.24, 2.45) is 0 Å². The topological polar surface area (TPSA) is 52.4 Å². The minimum Gasteiger partial charge on any atom is -0.490 e. The number of para-hydroxylation sites is 1. The van der Waals surface area contributed by atoms with Gasteiger partial charge in [-0.25, -0.2) is 0 Å². The van der Waals surface area contributed by atoms with Gasteiger partial charge in [0, 0.05) is 5.56 Å². The number of aryl methyl sites for hydroxylation is 1. The number of nitro groups is 1. The lowest BCUT2D eigenvalue weighted by Crippen LogP contribution is -1.99. The molecule has 94 valence electrons. The standard InChI is InChI=1S/C13H19NO3/c1-3-4-5-6-8-11-9-7-10-12(17-2)13(11)14(15)16/h7,9-10H,3-6,8H2,1-2H3. The Morgan fingerprint density at radius 2 is 2.06 bits per heavy atom. The second-order valence-electron chi connectivity index (χ2n) is 4.04. The summed E-state index contributed by atoms with van der Waals surface area (Å²) in [5, 5.41) is 11.0. The van der Waals surface area contributed by atoms with E-state index < -0.39 is 0 Å². The molecule has 0 heterocycles. The van der Waals surface area contributed by atoms with Crippen molar-refractivity contribution in [3.8, 4) is 5.75 Å². The molecule has 1 rings (SSSR count). The molecule has 17 heavy (non-hydrogen) atoms. The van der Waals surface area contributed by atoms with Crippen LogP contribution < -0.4 is 4.74 Å². The van der Waals surface area contributed by atoms with Gasteiger partial charge in [0.1, 0.15) is 0 Å². The zero-order valence-corrected chi connectivity index (χ0v) is 10.4. The highest BCUT2D eigenvalue weighted by Crippen LogP contribution is 2.31. The Bertz CT molecular complexity index is 377. The summed E-state index contributed by atoms with van der Waals surface area (Å²) in [4.78, 5) is 10.7. The van der Waals surface area contributed by atoms with Crippen molar-refractivity contribution in [2.45, 2.75) is 39.0 Å². The lowest BCUT2D eigenvalue weighted by atomic mass is 10.0. The van der Waals surface area contributed by atoms with E-state index in [0.29, 0.717) is 5.75 Å². The minimum atomic E-state index is -0.353. The van der Waals surface area contributed by atoms with Gasteiger partial charge in [-0.2, -0.15) is 0 Å². The van der Waals surface area contributed by atoms with Crippen LogP contribution in [-0.4, -0.2) is 12.0 Å². The molecule has 0 aliphatic heterocycles. The largest absolute Gasteiger partial charge is 0.490 e. The smallest absolute Gasteiger partial charge is 0.314 e. The lowest BCUT2D eigenvalue weighted by molar-refractivity contribution is -0.386. The Labute approximate surface area is 102 Å². The quantitative estimate of drug-likeness (QED) is 0.412. The molecular weight excluding hydrogens is 218 g/mol. The van der Waals surface area contributed by atoms with Crippen LogP contribution in [-0.2, 0) is 6.42 Å². The normalized spacial score (nSPS) is 10.2. The molecule has 0 saturated heterocycles. The van der Waals surface area contributed by atoms with Gasteiger partial charge in [-0.05, 0) is 18.9 Å². The highest BCUT2D eigenvalue weighted by Gasteiger charge is 2.19. The van der Waals surface area contributed by atoms with Crippen molar-refractivity contribution >= 4 is 5.69 Å². The van der Waals surface area contributed by atoms with E-state index in [-0.39, 0.29) is 10.6 Å². The summed E-state index contributed by atoms with van der Waals surface area (Å²) in [7, 11) is 1.46. The number of unbranched alkanes of at least 4 members (excludes halogenated alkanes) is 3. The number of hydrogen-bond donors (Lipinski definition) is 0. The number of ether oxygens (including phenoxy) is 1. The maximum atomic E-state index is 11.0. The number of benzene rings is 1. The Kier molecular flexibility index (Phi) is 5.46. The second-order valence-corrected chi connectivity index (χ2v) is 4.04.